The minimum Gasteiger partial charge on any atom is -0.480 e. The van der Waals surface area contributed by atoms with Crippen molar-refractivity contribution in [3.05, 3.63) is 90.1 Å². The lowest BCUT2D eigenvalue weighted by molar-refractivity contribution is -0.142. The van der Waals surface area contributed by atoms with E-state index >= 15 is 0 Å². The summed E-state index contributed by atoms with van der Waals surface area (Å²) >= 11 is 0. The third-order valence-electron chi connectivity index (χ3n) is 6.77. The van der Waals surface area contributed by atoms with Crippen LogP contribution in [0.1, 0.15) is 16.8 Å². The largest absolute Gasteiger partial charge is 0.480 e. The normalized spacial score (nSPS) is 14.0. The first kappa shape index (κ1) is 30.0. The molecule has 4 unspecified atom stereocenters. The molecular formula is C29H33N7O6. The summed E-state index contributed by atoms with van der Waals surface area (Å²) in [6.45, 7) is -0.631. The molecule has 0 radical (unpaired) electrons. The van der Waals surface area contributed by atoms with Gasteiger partial charge in [0.15, 0.2) is 0 Å². The minimum absolute atomic E-state index is 0.0110. The number of rotatable bonds is 14. The molecule has 0 aliphatic rings. The van der Waals surface area contributed by atoms with Gasteiger partial charge in [-0.25, -0.2) is 9.78 Å². The molecule has 42 heavy (non-hydrogen) atoms. The number of carbonyl (C=O) groups excluding carboxylic acids is 3. The zero-order valence-corrected chi connectivity index (χ0v) is 22.6. The van der Waals surface area contributed by atoms with Crippen molar-refractivity contribution in [2.45, 2.75) is 43.4 Å². The van der Waals surface area contributed by atoms with Crippen LogP contribution in [0.15, 0.2) is 73.3 Å². The number of nitrogens with two attached hydrogens (primary N) is 1. The van der Waals surface area contributed by atoms with Crippen LogP contribution in [0.2, 0.25) is 0 Å². The van der Waals surface area contributed by atoms with Gasteiger partial charge in [-0.05, 0) is 17.2 Å². The molecule has 4 aromatic rings. The molecule has 0 saturated carbocycles. The summed E-state index contributed by atoms with van der Waals surface area (Å²) in [4.78, 5) is 61.7. The van der Waals surface area contributed by atoms with Crippen LogP contribution in [0.3, 0.4) is 0 Å². The van der Waals surface area contributed by atoms with Crippen LogP contribution in [0, 0.1) is 0 Å². The number of aromatic amines is 2. The molecule has 220 valence electrons. The van der Waals surface area contributed by atoms with E-state index in [0.717, 1.165) is 16.5 Å². The average molecular weight is 576 g/mol. The number of aromatic nitrogens is 3. The van der Waals surface area contributed by atoms with Crippen LogP contribution < -0.4 is 21.7 Å². The van der Waals surface area contributed by atoms with Crippen molar-refractivity contribution in [1.82, 2.24) is 30.9 Å². The predicted octanol–water partition coefficient (Wildman–Crippen LogP) is -0.222. The Morgan fingerprint density at radius 2 is 1.45 bits per heavy atom. The lowest BCUT2D eigenvalue weighted by Gasteiger charge is -2.25. The average Bonchev–Trinajstić information content (AvgIpc) is 3.66. The van der Waals surface area contributed by atoms with E-state index in [2.05, 4.69) is 30.9 Å². The summed E-state index contributed by atoms with van der Waals surface area (Å²) in [6, 6.07) is 11.4. The SMILES string of the molecule is NC(CO)C(=O)NC(Cc1cnc[nH]1)C(=O)NC(Cc1c[nH]c2ccccc12)C(=O)NC(Cc1ccccc1)C(=O)O. The van der Waals surface area contributed by atoms with Gasteiger partial charge in [-0.15, -0.1) is 0 Å². The molecule has 0 saturated heterocycles. The van der Waals surface area contributed by atoms with Gasteiger partial charge in [-0.1, -0.05) is 48.5 Å². The summed E-state index contributed by atoms with van der Waals surface area (Å²) in [6.07, 6.45) is 4.67. The van der Waals surface area contributed by atoms with E-state index in [9.17, 15) is 29.4 Å². The fourth-order valence-corrected chi connectivity index (χ4v) is 4.51. The van der Waals surface area contributed by atoms with Crippen LogP contribution >= 0.6 is 0 Å². The molecule has 0 bridgehead atoms. The van der Waals surface area contributed by atoms with Crippen molar-refractivity contribution in [2.24, 2.45) is 5.73 Å². The fourth-order valence-electron chi connectivity index (χ4n) is 4.51. The maximum absolute atomic E-state index is 13.6. The Morgan fingerprint density at radius 1 is 0.810 bits per heavy atom. The highest BCUT2D eigenvalue weighted by Gasteiger charge is 2.31. The quantitative estimate of drug-likeness (QED) is 0.100. The van der Waals surface area contributed by atoms with Gasteiger partial charge < -0.3 is 41.9 Å². The maximum atomic E-state index is 13.6. The zero-order chi connectivity index (χ0) is 30.1. The van der Waals surface area contributed by atoms with E-state index in [1.54, 1.807) is 36.5 Å². The molecule has 2 aromatic carbocycles. The molecule has 3 amide bonds. The van der Waals surface area contributed by atoms with E-state index in [1.165, 1.54) is 12.5 Å². The summed E-state index contributed by atoms with van der Waals surface area (Å²) < 4.78 is 0. The second-order valence-corrected chi connectivity index (χ2v) is 9.85. The number of carboxylic acid groups (broad SMARTS) is 1. The number of benzene rings is 2. The molecule has 9 N–H and O–H groups in total. The topological polar surface area (TPSA) is 215 Å². The number of hydrogen-bond donors (Lipinski definition) is 8. The molecule has 4 atom stereocenters. The molecule has 2 aromatic heterocycles. The molecule has 13 nitrogen and oxygen atoms in total. The van der Waals surface area contributed by atoms with Crippen LogP contribution in [0.25, 0.3) is 10.9 Å². The standard InChI is InChI=1S/C29H33N7O6/c30-21(15-37)26(38)34-24(12-19-14-31-16-33-19)28(40)35-23(11-18-13-32-22-9-5-4-8-20(18)22)27(39)36-25(29(41)42)10-17-6-2-1-3-7-17/h1-9,13-14,16,21,23-25,32,37H,10-12,15,30H2,(H,31,33)(H,34,38)(H,35,40)(H,36,39)(H,41,42). The molecule has 0 spiro atoms. The molecule has 4 rings (SSSR count). The first-order chi connectivity index (χ1) is 20.2. The van der Waals surface area contributed by atoms with Crippen molar-refractivity contribution in [1.29, 1.82) is 0 Å². The number of imidazole rings is 1. The van der Waals surface area contributed by atoms with Crippen molar-refractivity contribution in [3.8, 4) is 0 Å². The molecule has 13 heteroatoms. The summed E-state index contributed by atoms with van der Waals surface area (Å²) in [7, 11) is 0. The monoisotopic (exact) mass is 575 g/mol. The Hall–Kier alpha value is -5.01. The highest BCUT2D eigenvalue weighted by atomic mass is 16.4. The second kappa shape index (κ2) is 14.1. The van der Waals surface area contributed by atoms with E-state index in [-0.39, 0.29) is 19.3 Å². The third-order valence-corrected chi connectivity index (χ3v) is 6.77. The van der Waals surface area contributed by atoms with Gasteiger partial charge in [-0.2, -0.15) is 0 Å². The van der Waals surface area contributed by atoms with Gasteiger partial charge in [0, 0.05) is 48.3 Å². The molecule has 0 aliphatic heterocycles. The maximum Gasteiger partial charge on any atom is 0.326 e. The van der Waals surface area contributed by atoms with Crippen LogP contribution in [-0.4, -0.2) is 79.6 Å². The Balaban J connectivity index is 1.59. The van der Waals surface area contributed by atoms with Crippen LogP contribution in [-0.2, 0) is 38.4 Å². The number of nitrogens with zero attached hydrogens (tertiary/aromatic N) is 1. The number of aliphatic hydroxyl groups excluding tert-OH is 1. The highest BCUT2D eigenvalue weighted by Crippen LogP contribution is 2.19. The smallest absolute Gasteiger partial charge is 0.326 e. The number of aliphatic hydroxyl groups is 1. The number of para-hydroxylation sites is 1. The van der Waals surface area contributed by atoms with Gasteiger partial charge in [0.2, 0.25) is 17.7 Å². The minimum atomic E-state index is -1.26. The van der Waals surface area contributed by atoms with Crippen LogP contribution in [0.5, 0.6) is 0 Å². The first-order valence-electron chi connectivity index (χ1n) is 13.3. The number of fused-ring (bicyclic) bond motifs is 1. The van der Waals surface area contributed by atoms with Crippen molar-refractivity contribution >= 4 is 34.6 Å². The number of amides is 3. The van der Waals surface area contributed by atoms with Crippen molar-refractivity contribution in [2.75, 3.05) is 6.61 Å². The number of aliphatic carboxylic acids is 1. The second-order valence-electron chi connectivity index (χ2n) is 9.85. The number of carbonyl (C=O) groups is 4. The van der Waals surface area contributed by atoms with E-state index in [4.69, 9.17) is 5.73 Å². The Kier molecular flexibility index (Phi) is 10.0. The lowest BCUT2D eigenvalue weighted by atomic mass is 10.0. The number of nitrogens with one attached hydrogen (secondary N) is 5. The van der Waals surface area contributed by atoms with Gasteiger partial charge in [0.05, 0.1) is 12.9 Å². The van der Waals surface area contributed by atoms with Gasteiger partial charge in [0.25, 0.3) is 0 Å². The Bertz CT molecular complexity index is 1510. The van der Waals surface area contributed by atoms with E-state index in [1.807, 2.05) is 24.3 Å². The lowest BCUT2D eigenvalue weighted by Crippen LogP contribution is -2.58. The van der Waals surface area contributed by atoms with E-state index < -0.39 is 54.5 Å². The number of carboxylic acids is 1. The fraction of sp³-hybridized carbons (Fsp3) is 0.276. The predicted molar refractivity (Wildman–Crippen MR) is 153 cm³/mol. The third kappa shape index (κ3) is 7.80. The number of hydrogen-bond acceptors (Lipinski definition) is 7. The van der Waals surface area contributed by atoms with Crippen molar-refractivity contribution in [3.63, 3.8) is 0 Å². The van der Waals surface area contributed by atoms with Gasteiger partial charge in [0.1, 0.15) is 24.2 Å². The Labute approximate surface area is 240 Å². The summed E-state index contributed by atoms with van der Waals surface area (Å²) in [5.41, 5.74) is 8.43. The first-order valence-corrected chi connectivity index (χ1v) is 13.3. The van der Waals surface area contributed by atoms with Gasteiger partial charge in [-0.3, -0.25) is 14.4 Å². The molecule has 2 heterocycles. The van der Waals surface area contributed by atoms with Crippen molar-refractivity contribution < 1.29 is 29.4 Å². The van der Waals surface area contributed by atoms with Gasteiger partial charge >= 0.3 is 5.97 Å². The summed E-state index contributed by atoms with van der Waals surface area (Å²) in [5, 5.41) is 27.7. The van der Waals surface area contributed by atoms with E-state index in [0.29, 0.717) is 11.3 Å². The Morgan fingerprint density at radius 3 is 2.12 bits per heavy atom. The zero-order valence-electron chi connectivity index (χ0n) is 22.6. The molecule has 0 fully saturated rings. The summed E-state index contributed by atoms with van der Waals surface area (Å²) in [5.74, 6) is -3.41. The molecular weight excluding hydrogens is 542 g/mol. The molecule has 0 aliphatic carbocycles. The number of H-pyrrole nitrogens is 2. The van der Waals surface area contributed by atoms with Crippen LogP contribution in [0.4, 0.5) is 0 Å². The highest BCUT2D eigenvalue weighted by molar-refractivity contribution is 5.95.